The molecule has 2 N–H and O–H groups in total. The van der Waals surface area contributed by atoms with E-state index in [1.165, 1.54) is 0 Å². The highest BCUT2D eigenvalue weighted by atomic mass is 16.5. The Morgan fingerprint density at radius 1 is 1.07 bits per heavy atom. The number of anilines is 1. The van der Waals surface area contributed by atoms with Gasteiger partial charge in [-0.25, -0.2) is 0 Å². The Balaban J connectivity index is 1.64. The molecule has 1 aliphatic carbocycles. The SMILES string of the molecule is Cc1noc2c1[C@@H](c1cccc(O)c1)C1=C(C[C@@H](c3ccccc3)CC1=O)N2. The summed E-state index contributed by atoms with van der Waals surface area (Å²) in [6.45, 7) is 1.88. The van der Waals surface area contributed by atoms with Crippen LogP contribution in [0, 0.1) is 6.92 Å². The zero-order chi connectivity index (χ0) is 19.3. The van der Waals surface area contributed by atoms with Crippen molar-refractivity contribution in [1.29, 1.82) is 0 Å². The smallest absolute Gasteiger partial charge is 0.233 e. The number of fused-ring (bicyclic) bond motifs is 1. The number of aromatic nitrogens is 1. The quantitative estimate of drug-likeness (QED) is 0.685. The minimum absolute atomic E-state index is 0.127. The van der Waals surface area contributed by atoms with Crippen LogP contribution in [0.1, 0.15) is 47.1 Å². The molecule has 0 bridgehead atoms. The summed E-state index contributed by atoms with van der Waals surface area (Å²) in [5, 5.41) is 17.5. The number of Topliss-reactive ketones (excluding diaryl/α,β-unsaturated/α-hetero) is 1. The fraction of sp³-hybridized carbons (Fsp3) is 0.217. The molecule has 2 aromatic carbocycles. The Hall–Kier alpha value is -3.34. The first kappa shape index (κ1) is 16.8. The predicted molar refractivity (Wildman–Crippen MR) is 105 cm³/mol. The highest BCUT2D eigenvalue weighted by molar-refractivity contribution is 6.01. The molecule has 0 radical (unpaired) electrons. The van der Waals surface area contributed by atoms with Crippen LogP contribution in [0.3, 0.4) is 0 Å². The standard InChI is InChI=1S/C23H20N2O3/c1-13-20-21(15-8-5-9-17(26)10-15)22-18(24-23(20)28-25-13)11-16(12-19(22)27)14-6-3-2-4-7-14/h2-10,16,21,24,26H,11-12H2,1H3/t16-,21-/m1/s1. The molecule has 1 aliphatic heterocycles. The van der Waals surface area contributed by atoms with Crippen LogP contribution < -0.4 is 5.32 Å². The number of aryl methyl sites for hydroxylation is 1. The van der Waals surface area contributed by atoms with Gasteiger partial charge in [0.2, 0.25) is 5.88 Å². The maximum absolute atomic E-state index is 13.3. The third-order valence-electron chi connectivity index (χ3n) is 5.73. The number of phenolic OH excluding ortho intramolecular Hbond substituents is 1. The van der Waals surface area contributed by atoms with Crippen LogP contribution in [0.2, 0.25) is 0 Å². The van der Waals surface area contributed by atoms with Crippen LogP contribution in [-0.2, 0) is 4.79 Å². The highest BCUT2D eigenvalue weighted by Gasteiger charge is 2.41. The number of nitrogens with one attached hydrogen (secondary N) is 1. The second-order valence-electron chi connectivity index (χ2n) is 7.50. The molecule has 2 atom stereocenters. The van der Waals surface area contributed by atoms with Crippen molar-refractivity contribution in [2.45, 2.75) is 31.6 Å². The Bertz CT molecular complexity index is 1100. The second-order valence-corrected chi connectivity index (χ2v) is 7.50. The second kappa shape index (κ2) is 6.37. The molecule has 2 heterocycles. The van der Waals surface area contributed by atoms with Gasteiger partial charge in [0.15, 0.2) is 5.78 Å². The number of carbonyl (C=O) groups is 1. The molecular formula is C23H20N2O3. The molecule has 28 heavy (non-hydrogen) atoms. The zero-order valence-electron chi connectivity index (χ0n) is 15.5. The Morgan fingerprint density at radius 3 is 2.64 bits per heavy atom. The van der Waals surface area contributed by atoms with E-state index < -0.39 is 0 Å². The van der Waals surface area contributed by atoms with Crippen molar-refractivity contribution in [2.24, 2.45) is 0 Å². The third-order valence-corrected chi connectivity index (χ3v) is 5.73. The van der Waals surface area contributed by atoms with Gasteiger partial charge in [0.25, 0.3) is 0 Å². The van der Waals surface area contributed by atoms with Crippen molar-refractivity contribution in [3.63, 3.8) is 0 Å². The number of ketones is 1. The summed E-state index contributed by atoms with van der Waals surface area (Å²) in [6.07, 6.45) is 1.21. The number of allylic oxidation sites excluding steroid dienone is 2. The van der Waals surface area contributed by atoms with E-state index in [1.54, 1.807) is 18.2 Å². The van der Waals surface area contributed by atoms with Crippen molar-refractivity contribution in [3.05, 3.63) is 88.3 Å². The van der Waals surface area contributed by atoms with Crippen molar-refractivity contribution in [2.75, 3.05) is 5.32 Å². The molecule has 0 spiro atoms. The van der Waals surface area contributed by atoms with Crippen LogP contribution in [-0.4, -0.2) is 16.0 Å². The number of aromatic hydroxyl groups is 1. The lowest BCUT2D eigenvalue weighted by atomic mass is 9.72. The number of phenols is 1. The summed E-state index contributed by atoms with van der Waals surface area (Å²) in [7, 11) is 0. The van der Waals surface area contributed by atoms with Gasteiger partial charge in [-0.1, -0.05) is 47.6 Å². The van der Waals surface area contributed by atoms with Crippen LogP contribution in [0.4, 0.5) is 5.88 Å². The van der Waals surface area contributed by atoms with Gasteiger partial charge >= 0.3 is 0 Å². The first-order chi connectivity index (χ1) is 13.6. The predicted octanol–water partition coefficient (Wildman–Crippen LogP) is 4.65. The van der Waals surface area contributed by atoms with Gasteiger partial charge < -0.3 is 14.9 Å². The summed E-state index contributed by atoms with van der Waals surface area (Å²) in [6, 6.07) is 17.2. The fourth-order valence-electron chi connectivity index (χ4n) is 4.47. The van der Waals surface area contributed by atoms with E-state index in [-0.39, 0.29) is 23.4 Å². The van der Waals surface area contributed by atoms with E-state index in [0.717, 1.165) is 40.1 Å². The van der Waals surface area contributed by atoms with Gasteiger partial charge in [0.05, 0.1) is 11.3 Å². The monoisotopic (exact) mass is 372 g/mol. The molecule has 140 valence electrons. The van der Waals surface area contributed by atoms with Crippen molar-refractivity contribution < 1.29 is 14.4 Å². The number of nitrogens with zero attached hydrogens (tertiary/aromatic N) is 1. The average molecular weight is 372 g/mol. The minimum Gasteiger partial charge on any atom is -0.508 e. The number of hydrogen-bond donors (Lipinski definition) is 2. The van der Waals surface area contributed by atoms with Gasteiger partial charge in [-0.05, 0) is 42.5 Å². The van der Waals surface area contributed by atoms with E-state index in [4.69, 9.17) is 4.52 Å². The van der Waals surface area contributed by atoms with Crippen LogP contribution in [0.15, 0.2) is 70.4 Å². The van der Waals surface area contributed by atoms with E-state index in [9.17, 15) is 9.90 Å². The van der Waals surface area contributed by atoms with E-state index >= 15 is 0 Å². The van der Waals surface area contributed by atoms with Gasteiger partial charge in [0.1, 0.15) is 5.75 Å². The molecule has 5 nitrogen and oxygen atoms in total. The molecule has 0 unspecified atom stereocenters. The molecular weight excluding hydrogens is 352 g/mol. The highest BCUT2D eigenvalue weighted by Crippen LogP contribution is 2.49. The maximum Gasteiger partial charge on any atom is 0.233 e. The largest absolute Gasteiger partial charge is 0.508 e. The maximum atomic E-state index is 13.3. The molecule has 2 aliphatic rings. The molecule has 5 heteroatoms. The normalized spacial score (nSPS) is 21.1. The van der Waals surface area contributed by atoms with Gasteiger partial charge in [-0.3, -0.25) is 4.79 Å². The molecule has 5 rings (SSSR count). The van der Waals surface area contributed by atoms with E-state index in [0.29, 0.717) is 12.3 Å². The lowest BCUT2D eigenvalue weighted by Crippen LogP contribution is -2.29. The number of benzene rings is 2. The first-order valence-corrected chi connectivity index (χ1v) is 9.45. The molecule has 0 saturated carbocycles. The Kier molecular flexibility index (Phi) is 3.83. The van der Waals surface area contributed by atoms with Crippen molar-refractivity contribution in [3.8, 4) is 5.75 Å². The topological polar surface area (TPSA) is 75.4 Å². The summed E-state index contributed by atoms with van der Waals surface area (Å²) < 4.78 is 5.52. The lowest BCUT2D eigenvalue weighted by Gasteiger charge is -2.34. The summed E-state index contributed by atoms with van der Waals surface area (Å²) >= 11 is 0. The van der Waals surface area contributed by atoms with Gasteiger partial charge in [0, 0.05) is 23.6 Å². The van der Waals surface area contributed by atoms with Crippen LogP contribution >= 0.6 is 0 Å². The average Bonchev–Trinajstić information content (AvgIpc) is 3.07. The van der Waals surface area contributed by atoms with Gasteiger partial charge in [-0.2, -0.15) is 0 Å². The zero-order valence-corrected chi connectivity index (χ0v) is 15.5. The number of rotatable bonds is 2. The van der Waals surface area contributed by atoms with E-state index in [1.807, 2.05) is 31.2 Å². The minimum atomic E-state index is -0.283. The fourth-order valence-corrected chi connectivity index (χ4v) is 4.47. The van der Waals surface area contributed by atoms with Crippen LogP contribution in [0.5, 0.6) is 5.75 Å². The number of carbonyl (C=O) groups excluding carboxylic acids is 1. The van der Waals surface area contributed by atoms with Gasteiger partial charge in [-0.15, -0.1) is 0 Å². The van der Waals surface area contributed by atoms with Crippen molar-refractivity contribution >= 4 is 11.7 Å². The Labute approximate surface area is 162 Å². The van der Waals surface area contributed by atoms with Crippen molar-refractivity contribution in [1.82, 2.24) is 5.16 Å². The van der Waals surface area contributed by atoms with E-state index in [2.05, 4.69) is 22.6 Å². The molecule has 0 saturated heterocycles. The molecule has 0 amide bonds. The first-order valence-electron chi connectivity index (χ1n) is 9.45. The number of hydrogen-bond acceptors (Lipinski definition) is 5. The molecule has 1 aromatic heterocycles. The summed E-state index contributed by atoms with van der Waals surface area (Å²) in [5.74, 6) is 0.747. The lowest BCUT2D eigenvalue weighted by molar-refractivity contribution is -0.116. The summed E-state index contributed by atoms with van der Waals surface area (Å²) in [5.41, 5.74) is 5.31. The van der Waals surface area contributed by atoms with Crippen LogP contribution in [0.25, 0.3) is 0 Å². The Morgan fingerprint density at radius 2 is 1.86 bits per heavy atom. The summed E-state index contributed by atoms with van der Waals surface area (Å²) in [4.78, 5) is 13.3. The third kappa shape index (κ3) is 2.62. The molecule has 0 fully saturated rings. The molecule has 3 aromatic rings.